The van der Waals surface area contributed by atoms with Crippen molar-refractivity contribution in [3.63, 3.8) is 0 Å². The van der Waals surface area contributed by atoms with Crippen molar-refractivity contribution in [1.29, 1.82) is 0 Å². The molecule has 4 rings (SSSR count). The molecular formula is C25H38N4O2. The third-order valence-corrected chi connectivity index (χ3v) is 7.27. The topological polar surface area (TPSA) is 47.1 Å². The SMILES string of the molecule is C[C@H]1CCCCN1C(=O)CN1CCN([C@@H](C(=O)N2CCCCC2)c2ccccc2)CC1. The Kier molecular flexibility index (Phi) is 7.62. The van der Waals surface area contributed by atoms with Crippen molar-refractivity contribution in [2.45, 2.75) is 57.5 Å². The van der Waals surface area contributed by atoms with E-state index >= 15 is 0 Å². The number of hydrogen-bond acceptors (Lipinski definition) is 4. The summed E-state index contributed by atoms with van der Waals surface area (Å²) < 4.78 is 0. The van der Waals surface area contributed by atoms with E-state index in [4.69, 9.17) is 0 Å². The lowest BCUT2D eigenvalue weighted by molar-refractivity contribution is -0.140. The van der Waals surface area contributed by atoms with Crippen molar-refractivity contribution in [1.82, 2.24) is 19.6 Å². The Morgan fingerprint density at radius 3 is 2.23 bits per heavy atom. The van der Waals surface area contributed by atoms with Crippen molar-refractivity contribution >= 4 is 11.8 Å². The molecule has 0 radical (unpaired) electrons. The molecule has 2 amide bonds. The second-order valence-corrected chi connectivity index (χ2v) is 9.44. The van der Waals surface area contributed by atoms with Crippen LogP contribution in [0.4, 0.5) is 0 Å². The number of rotatable bonds is 5. The number of carbonyl (C=O) groups excluding carboxylic acids is 2. The van der Waals surface area contributed by atoms with Crippen LogP contribution in [0.3, 0.4) is 0 Å². The maximum Gasteiger partial charge on any atom is 0.244 e. The Labute approximate surface area is 187 Å². The van der Waals surface area contributed by atoms with Gasteiger partial charge in [0.2, 0.25) is 11.8 Å². The van der Waals surface area contributed by atoms with Crippen molar-refractivity contribution < 1.29 is 9.59 Å². The zero-order valence-corrected chi connectivity index (χ0v) is 19.0. The molecule has 3 aliphatic heterocycles. The van der Waals surface area contributed by atoms with E-state index in [1.54, 1.807) is 0 Å². The van der Waals surface area contributed by atoms with Crippen LogP contribution in [-0.2, 0) is 9.59 Å². The van der Waals surface area contributed by atoms with Gasteiger partial charge in [-0.25, -0.2) is 0 Å². The summed E-state index contributed by atoms with van der Waals surface area (Å²) in [7, 11) is 0. The molecule has 2 atom stereocenters. The molecule has 6 nitrogen and oxygen atoms in total. The maximum absolute atomic E-state index is 13.5. The molecule has 0 N–H and O–H groups in total. The van der Waals surface area contributed by atoms with Crippen molar-refractivity contribution in [2.75, 3.05) is 52.4 Å². The van der Waals surface area contributed by atoms with Gasteiger partial charge in [0.1, 0.15) is 6.04 Å². The van der Waals surface area contributed by atoms with E-state index < -0.39 is 0 Å². The van der Waals surface area contributed by atoms with E-state index in [0.717, 1.165) is 77.1 Å². The van der Waals surface area contributed by atoms with Gasteiger partial charge in [-0.1, -0.05) is 30.3 Å². The molecule has 3 fully saturated rings. The highest BCUT2D eigenvalue weighted by atomic mass is 16.2. The Morgan fingerprint density at radius 2 is 1.55 bits per heavy atom. The summed E-state index contributed by atoms with van der Waals surface area (Å²) in [4.78, 5) is 35.1. The number of piperazine rings is 1. The van der Waals surface area contributed by atoms with Crippen LogP contribution in [0.1, 0.15) is 57.1 Å². The first kappa shape index (κ1) is 22.3. The number of carbonyl (C=O) groups is 2. The lowest BCUT2D eigenvalue weighted by Crippen LogP contribution is -2.54. The molecule has 1 aromatic carbocycles. The summed E-state index contributed by atoms with van der Waals surface area (Å²) in [5.74, 6) is 0.516. The van der Waals surface area contributed by atoms with Crippen LogP contribution in [0.5, 0.6) is 0 Å². The van der Waals surface area contributed by atoms with Gasteiger partial charge in [-0.3, -0.25) is 19.4 Å². The molecule has 170 valence electrons. The predicted octanol–water partition coefficient (Wildman–Crippen LogP) is 2.76. The van der Waals surface area contributed by atoms with Crippen molar-refractivity contribution in [3.05, 3.63) is 35.9 Å². The highest BCUT2D eigenvalue weighted by Crippen LogP contribution is 2.26. The Bertz CT molecular complexity index is 726. The predicted molar refractivity (Wildman–Crippen MR) is 123 cm³/mol. The lowest BCUT2D eigenvalue weighted by Gasteiger charge is -2.41. The van der Waals surface area contributed by atoms with Crippen LogP contribution in [0.2, 0.25) is 0 Å². The van der Waals surface area contributed by atoms with Crippen LogP contribution in [0, 0.1) is 0 Å². The first-order chi connectivity index (χ1) is 15.1. The molecule has 0 bridgehead atoms. The normalized spacial score (nSPS) is 24.7. The lowest BCUT2D eigenvalue weighted by atomic mass is 10.0. The minimum absolute atomic E-state index is 0.209. The van der Waals surface area contributed by atoms with Crippen LogP contribution in [0.15, 0.2) is 30.3 Å². The monoisotopic (exact) mass is 426 g/mol. The fraction of sp³-hybridized carbons (Fsp3) is 0.680. The fourth-order valence-electron chi connectivity index (χ4n) is 5.36. The van der Waals surface area contributed by atoms with Gasteiger partial charge in [-0.05, 0) is 51.0 Å². The third kappa shape index (κ3) is 5.47. The summed E-state index contributed by atoms with van der Waals surface area (Å²) in [5, 5.41) is 0. The number of benzene rings is 1. The summed E-state index contributed by atoms with van der Waals surface area (Å²) in [5.41, 5.74) is 1.09. The van der Waals surface area contributed by atoms with Gasteiger partial charge in [0.15, 0.2) is 0 Å². The molecule has 3 aliphatic rings. The molecule has 3 saturated heterocycles. The van der Waals surface area contributed by atoms with Gasteiger partial charge in [-0.2, -0.15) is 0 Å². The molecule has 0 aliphatic carbocycles. The average molecular weight is 427 g/mol. The third-order valence-electron chi connectivity index (χ3n) is 7.27. The summed E-state index contributed by atoms with van der Waals surface area (Å²) >= 11 is 0. The Balaban J connectivity index is 1.38. The zero-order chi connectivity index (χ0) is 21.6. The van der Waals surface area contributed by atoms with E-state index in [-0.39, 0.29) is 17.9 Å². The zero-order valence-electron chi connectivity index (χ0n) is 19.0. The van der Waals surface area contributed by atoms with Gasteiger partial charge in [0, 0.05) is 51.9 Å². The number of hydrogen-bond donors (Lipinski definition) is 0. The minimum Gasteiger partial charge on any atom is -0.341 e. The highest BCUT2D eigenvalue weighted by Gasteiger charge is 2.34. The van der Waals surface area contributed by atoms with E-state index in [2.05, 4.69) is 38.7 Å². The van der Waals surface area contributed by atoms with Gasteiger partial charge in [0.05, 0.1) is 6.54 Å². The van der Waals surface area contributed by atoms with Crippen LogP contribution >= 0.6 is 0 Å². The first-order valence-corrected chi connectivity index (χ1v) is 12.2. The minimum atomic E-state index is -0.209. The van der Waals surface area contributed by atoms with Gasteiger partial charge in [0.25, 0.3) is 0 Å². The van der Waals surface area contributed by atoms with E-state index in [1.165, 1.54) is 12.8 Å². The number of likely N-dealkylation sites (tertiary alicyclic amines) is 2. The van der Waals surface area contributed by atoms with Gasteiger partial charge < -0.3 is 9.80 Å². The van der Waals surface area contributed by atoms with E-state index in [1.807, 2.05) is 18.2 Å². The number of piperidine rings is 2. The molecule has 0 aromatic heterocycles. The fourth-order valence-corrected chi connectivity index (χ4v) is 5.36. The van der Waals surface area contributed by atoms with Crippen LogP contribution in [-0.4, -0.2) is 89.8 Å². The highest BCUT2D eigenvalue weighted by molar-refractivity contribution is 5.83. The molecule has 0 saturated carbocycles. The molecule has 3 heterocycles. The standard InChI is InChI=1S/C25H38N4O2/c1-21-10-6-9-15-29(21)23(30)20-26-16-18-27(19-17-26)24(22-11-4-2-5-12-22)25(31)28-13-7-3-8-14-28/h2,4-5,11-12,21,24H,3,6-10,13-20H2,1H3/t21-,24+/m0/s1. The van der Waals surface area contributed by atoms with Crippen LogP contribution in [0.25, 0.3) is 0 Å². The van der Waals surface area contributed by atoms with E-state index in [9.17, 15) is 9.59 Å². The van der Waals surface area contributed by atoms with Gasteiger partial charge >= 0.3 is 0 Å². The molecule has 0 unspecified atom stereocenters. The first-order valence-electron chi connectivity index (χ1n) is 12.2. The largest absolute Gasteiger partial charge is 0.341 e. The molecule has 1 aromatic rings. The second kappa shape index (κ2) is 10.6. The smallest absolute Gasteiger partial charge is 0.244 e. The maximum atomic E-state index is 13.5. The average Bonchev–Trinajstić information content (AvgIpc) is 2.82. The summed E-state index contributed by atoms with van der Waals surface area (Å²) in [6.07, 6.45) is 6.92. The van der Waals surface area contributed by atoms with Crippen LogP contribution < -0.4 is 0 Å². The molecule has 6 heteroatoms. The van der Waals surface area contributed by atoms with Gasteiger partial charge in [-0.15, -0.1) is 0 Å². The van der Waals surface area contributed by atoms with E-state index in [0.29, 0.717) is 12.6 Å². The molecule has 31 heavy (non-hydrogen) atoms. The van der Waals surface area contributed by atoms with Crippen molar-refractivity contribution in [2.24, 2.45) is 0 Å². The molecular weight excluding hydrogens is 388 g/mol. The Morgan fingerprint density at radius 1 is 0.871 bits per heavy atom. The summed E-state index contributed by atoms with van der Waals surface area (Å²) in [6, 6.07) is 10.4. The quantitative estimate of drug-likeness (QED) is 0.726. The second-order valence-electron chi connectivity index (χ2n) is 9.44. The number of nitrogens with zero attached hydrogens (tertiary/aromatic N) is 4. The number of amides is 2. The summed E-state index contributed by atoms with van der Waals surface area (Å²) in [6.45, 7) is 8.66. The Hall–Kier alpha value is -1.92. The van der Waals surface area contributed by atoms with Crippen molar-refractivity contribution in [3.8, 4) is 0 Å². The molecule has 0 spiro atoms.